The summed E-state index contributed by atoms with van der Waals surface area (Å²) in [7, 11) is -16.3. The Morgan fingerprint density at radius 1 is 1.18 bits per heavy atom. The zero-order chi connectivity index (χ0) is 20.5. The number of anilines is 1. The van der Waals surface area contributed by atoms with Crippen molar-refractivity contribution in [3.63, 3.8) is 0 Å². The molecule has 6 N–H and O–H groups in total. The zero-order valence-corrected chi connectivity index (χ0v) is 19.0. The Labute approximate surface area is 179 Å². The van der Waals surface area contributed by atoms with Gasteiger partial charge >= 0.3 is 29.2 Å². The Bertz CT molecular complexity index is 889. The third kappa shape index (κ3) is 8.42. The van der Waals surface area contributed by atoms with Gasteiger partial charge in [0, 0.05) is 35.8 Å². The topological polar surface area (TPSA) is 230 Å². The van der Waals surface area contributed by atoms with Gasteiger partial charge in [-0.3, -0.25) is 9.09 Å². The third-order valence-electron chi connectivity index (χ3n) is 3.09. The fourth-order valence-corrected chi connectivity index (χ4v) is 5.19. The van der Waals surface area contributed by atoms with Crippen molar-refractivity contribution in [1.82, 2.24) is 9.55 Å². The van der Waals surface area contributed by atoms with E-state index < -0.39 is 48.1 Å². The summed E-state index contributed by atoms with van der Waals surface area (Å²) >= 11 is 0. The van der Waals surface area contributed by atoms with E-state index in [-0.39, 0.29) is 41.8 Å². The summed E-state index contributed by atoms with van der Waals surface area (Å²) in [5.74, 6) is 0.0263. The fraction of sp³-hybridized carbons (Fsp3) is 0.556. The molecule has 1 fully saturated rings. The summed E-state index contributed by atoms with van der Waals surface area (Å²) < 4.78 is 51.6. The maximum Gasteiger partial charge on any atom is 0.490 e. The van der Waals surface area contributed by atoms with Crippen LogP contribution >= 0.6 is 23.5 Å². The van der Waals surface area contributed by atoms with Crippen LogP contribution in [0.5, 0.6) is 0 Å². The van der Waals surface area contributed by atoms with Crippen molar-refractivity contribution in [2.75, 3.05) is 12.3 Å². The van der Waals surface area contributed by atoms with Gasteiger partial charge in [0.15, 0.2) is 0 Å². The number of hydrogen-bond donors (Lipinski definition) is 5. The minimum absolute atomic E-state index is 0. The summed E-state index contributed by atoms with van der Waals surface area (Å²) in [6, 6.07) is 1.38. The average molecular weight is 474 g/mol. The van der Waals surface area contributed by atoms with Gasteiger partial charge in [0.2, 0.25) is 0 Å². The van der Waals surface area contributed by atoms with Crippen LogP contribution in [0.3, 0.4) is 0 Å². The molecule has 1 aromatic heterocycles. The molecule has 1 radical (unpaired) electrons. The first-order chi connectivity index (χ1) is 12.3. The summed E-state index contributed by atoms with van der Waals surface area (Å²) in [4.78, 5) is 50.6. The Hall–Kier alpha value is 0.0500. The summed E-state index contributed by atoms with van der Waals surface area (Å²) in [6.45, 7) is -0.586. The number of ether oxygens (including phenoxy) is 1. The third-order valence-corrected chi connectivity index (χ3v) is 6.89. The van der Waals surface area contributed by atoms with E-state index in [0.717, 1.165) is 4.57 Å². The van der Waals surface area contributed by atoms with E-state index in [1.54, 1.807) is 0 Å². The summed E-state index contributed by atoms with van der Waals surface area (Å²) in [6.07, 6.45) is 0.456. The largest absolute Gasteiger partial charge is 0.490 e. The van der Waals surface area contributed by atoms with Crippen molar-refractivity contribution in [3.05, 3.63) is 22.7 Å². The first-order valence-electron chi connectivity index (χ1n) is 7.05. The standard InChI is InChI=1S/C9H16N3O12P3.Na/c10-7-3-4-12(9(13)11-7)8-2-1-6(22-8)5-21-26(17,18)24-27(19,20)23-25(14,15)16;/h3-4,6,8H,1-2,5H2,(H,17,18)(H,19,20)(H2,10,11,13)(H2,14,15,16);. The van der Waals surface area contributed by atoms with Gasteiger partial charge in [-0.25, -0.2) is 18.5 Å². The molecule has 15 nitrogen and oxygen atoms in total. The molecule has 1 aliphatic rings. The van der Waals surface area contributed by atoms with E-state index in [1.165, 1.54) is 12.3 Å². The first-order valence-corrected chi connectivity index (χ1v) is 11.6. The number of nitrogen functional groups attached to an aromatic ring is 1. The molecule has 0 spiro atoms. The zero-order valence-electron chi connectivity index (χ0n) is 14.3. The van der Waals surface area contributed by atoms with Crippen LogP contribution in [-0.2, 0) is 31.6 Å². The minimum atomic E-state index is -5.58. The van der Waals surface area contributed by atoms with Gasteiger partial charge < -0.3 is 30.0 Å². The molecule has 2 heterocycles. The van der Waals surface area contributed by atoms with Crippen molar-refractivity contribution < 1.29 is 51.2 Å². The van der Waals surface area contributed by atoms with Crippen molar-refractivity contribution in [2.45, 2.75) is 25.2 Å². The molecule has 155 valence electrons. The van der Waals surface area contributed by atoms with Gasteiger partial charge in [-0.05, 0) is 18.9 Å². The quantitative estimate of drug-likeness (QED) is 0.236. The van der Waals surface area contributed by atoms with Crippen LogP contribution in [0, 0.1) is 0 Å². The van der Waals surface area contributed by atoms with Gasteiger partial charge in [0.05, 0.1) is 12.7 Å². The van der Waals surface area contributed by atoms with Crippen LogP contribution in [0.4, 0.5) is 5.82 Å². The molecule has 4 atom stereocenters. The van der Waals surface area contributed by atoms with Crippen LogP contribution in [0.25, 0.3) is 0 Å². The average Bonchev–Trinajstić information content (AvgIpc) is 2.90. The fourth-order valence-electron chi connectivity index (χ4n) is 2.14. The Balaban J connectivity index is 0.00000392. The molecule has 1 aromatic rings. The van der Waals surface area contributed by atoms with Gasteiger partial charge in [-0.1, -0.05) is 0 Å². The molecule has 4 unspecified atom stereocenters. The maximum absolute atomic E-state index is 11.7. The number of nitrogens with two attached hydrogens (primary N) is 1. The van der Waals surface area contributed by atoms with Crippen LogP contribution in [0.2, 0.25) is 0 Å². The predicted molar refractivity (Wildman–Crippen MR) is 91.6 cm³/mol. The van der Waals surface area contributed by atoms with Gasteiger partial charge in [-0.15, -0.1) is 0 Å². The van der Waals surface area contributed by atoms with Crippen molar-refractivity contribution >= 4 is 58.8 Å². The van der Waals surface area contributed by atoms with Crippen LogP contribution in [-0.4, -0.2) is 71.4 Å². The molecule has 0 aromatic carbocycles. The van der Waals surface area contributed by atoms with E-state index >= 15 is 0 Å². The first kappa shape index (κ1) is 26.1. The van der Waals surface area contributed by atoms with Crippen LogP contribution < -0.4 is 11.4 Å². The number of phosphoric acid groups is 3. The second kappa shape index (κ2) is 9.90. The molecule has 28 heavy (non-hydrogen) atoms. The van der Waals surface area contributed by atoms with E-state index in [4.69, 9.17) is 25.2 Å². The smallest absolute Gasteiger partial charge is 0.383 e. The number of phosphoric ester groups is 1. The van der Waals surface area contributed by atoms with E-state index in [9.17, 15) is 23.4 Å². The SMILES string of the molecule is Nc1ccn(C2CCC(COP(=O)(O)OP(=O)(O)OP(=O)(O)O)O2)c(=O)n1.[Na]. The molecule has 1 saturated heterocycles. The van der Waals surface area contributed by atoms with E-state index in [1.807, 2.05) is 0 Å². The van der Waals surface area contributed by atoms with Crippen molar-refractivity contribution in [2.24, 2.45) is 0 Å². The number of nitrogens with zero attached hydrogens (tertiary/aromatic N) is 2. The predicted octanol–water partition coefficient (Wildman–Crippen LogP) is -0.534. The summed E-state index contributed by atoms with van der Waals surface area (Å²) in [5, 5.41) is 0. The van der Waals surface area contributed by atoms with E-state index in [0.29, 0.717) is 6.42 Å². The Kier molecular flexibility index (Phi) is 9.23. The molecule has 1 aliphatic heterocycles. The normalized spacial score (nSPS) is 24.1. The minimum Gasteiger partial charge on any atom is -0.383 e. The number of hydrogen-bond acceptors (Lipinski definition) is 10. The van der Waals surface area contributed by atoms with Crippen LogP contribution in [0.1, 0.15) is 19.1 Å². The molecule has 0 amide bonds. The molecule has 0 saturated carbocycles. The van der Waals surface area contributed by atoms with Crippen LogP contribution in [0.15, 0.2) is 17.1 Å². The van der Waals surface area contributed by atoms with E-state index in [2.05, 4.69) is 18.1 Å². The van der Waals surface area contributed by atoms with Gasteiger partial charge in [-0.2, -0.15) is 13.6 Å². The second-order valence-corrected chi connectivity index (χ2v) is 9.64. The van der Waals surface area contributed by atoms with Gasteiger partial charge in [0.25, 0.3) is 0 Å². The van der Waals surface area contributed by atoms with Gasteiger partial charge in [0.1, 0.15) is 12.0 Å². The van der Waals surface area contributed by atoms with Crippen molar-refractivity contribution in [3.8, 4) is 0 Å². The summed E-state index contributed by atoms with van der Waals surface area (Å²) in [5.41, 5.74) is 4.72. The maximum atomic E-state index is 11.7. The molecule has 19 heteroatoms. The Morgan fingerprint density at radius 2 is 1.82 bits per heavy atom. The molecule has 2 rings (SSSR count). The molecular weight excluding hydrogens is 458 g/mol. The van der Waals surface area contributed by atoms with Crippen molar-refractivity contribution in [1.29, 1.82) is 0 Å². The Morgan fingerprint density at radius 3 is 2.39 bits per heavy atom. The molecule has 0 aliphatic carbocycles. The number of rotatable bonds is 8. The second-order valence-electron chi connectivity index (χ2n) is 5.22. The monoisotopic (exact) mass is 474 g/mol. The molecular formula is C9H16N3NaO12P3. The molecule has 0 bridgehead atoms. The number of aromatic nitrogens is 2.